The molecule has 2 aliphatic rings. The Morgan fingerprint density at radius 3 is 1.38 bits per heavy atom. The highest BCUT2D eigenvalue weighted by Gasteiger charge is 2.48. The van der Waals surface area contributed by atoms with Gasteiger partial charge in [-0.25, -0.2) is 9.59 Å². The van der Waals surface area contributed by atoms with Crippen LogP contribution in [-0.4, -0.2) is 134 Å². The summed E-state index contributed by atoms with van der Waals surface area (Å²) in [6, 6.07) is 27.0. The van der Waals surface area contributed by atoms with Crippen molar-refractivity contribution in [3.63, 3.8) is 0 Å². The van der Waals surface area contributed by atoms with E-state index in [0.717, 1.165) is 5.69 Å². The fourth-order valence-corrected chi connectivity index (χ4v) is 8.04. The number of carboxylic acids is 2. The second-order valence-electron chi connectivity index (χ2n) is 26.8. The number of carbonyl (C=O) groups excluding carboxylic acids is 2. The van der Waals surface area contributed by atoms with Gasteiger partial charge in [0.2, 0.25) is 18.5 Å². The molecule has 10 atom stereocenters. The summed E-state index contributed by atoms with van der Waals surface area (Å²) in [6.07, 6.45) is -10.8. The number of anilines is 2. The first-order valence-corrected chi connectivity index (χ1v) is 28.8. The van der Waals surface area contributed by atoms with E-state index in [9.17, 15) is 49.8 Å². The standard InChI is InChI=1S/2C23H35NO8.C19H25NO/c1-12-16(25)18(19(27)28)32-20(17(12)26)31-14-9-8-13(24-21(29)23(5,6)7)10-15(14)30-11-22(2,3)4;1-12-16(25)18(20(28)29)32-21(17(12)26)31-14-9-8-13(19(27)24-23(5,6)7)10-15(14)30-11-22(2,3)4;1-14(2)20-19-11-9-18(10-12-19)17-7-5-16(6-8-17)13-21-15(3)4/h8-10,12,16-18,20,25-26H,11H2,1-7H3,(H,24,29)(H,27,28);8-10,12,16-18,21,25-26H,11H2,1-7H3,(H,24,27)(H,28,29);5-12,14-15,20H,13H2,1-4H3/t12-,16-,17+,18-,20+;12-,16-,17+,18-,21+;/m00./s1. The van der Waals surface area contributed by atoms with Crippen molar-refractivity contribution in [2.75, 3.05) is 23.8 Å². The van der Waals surface area contributed by atoms with Crippen LogP contribution in [0.3, 0.4) is 0 Å². The molecule has 0 saturated carbocycles. The zero-order valence-corrected chi connectivity index (χ0v) is 52.8. The number of amides is 2. The van der Waals surface area contributed by atoms with E-state index in [1.54, 1.807) is 45.0 Å². The van der Waals surface area contributed by atoms with Gasteiger partial charge in [-0.1, -0.05) is 113 Å². The number of aliphatic hydroxyl groups excluding tert-OH is 4. The first-order valence-electron chi connectivity index (χ1n) is 28.8. The summed E-state index contributed by atoms with van der Waals surface area (Å²) in [6.45, 7) is 35.7. The number of benzene rings is 4. The first kappa shape index (κ1) is 71.0. The summed E-state index contributed by atoms with van der Waals surface area (Å²) in [5.41, 5.74) is 4.32. The Bertz CT molecular complexity index is 2800. The van der Waals surface area contributed by atoms with Crippen LogP contribution in [0.4, 0.5) is 11.4 Å². The third kappa shape index (κ3) is 22.7. The van der Waals surface area contributed by atoms with E-state index in [1.807, 2.05) is 62.3 Å². The number of carboxylic acid groups (broad SMARTS) is 2. The normalized spacial score (nSPS) is 22.6. The van der Waals surface area contributed by atoms with Crippen LogP contribution >= 0.6 is 0 Å². The van der Waals surface area contributed by atoms with Crippen LogP contribution in [0.15, 0.2) is 84.9 Å². The highest BCUT2D eigenvalue weighted by Crippen LogP contribution is 2.38. The lowest BCUT2D eigenvalue weighted by molar-refractivity contribution is -0.255. The summed E-state index contributed by atoms with van der Waals surface area (Å²) in [4.78, 5) is 47.8. The summed E-state index contributed by atoms with van der Waals surface area (Å²) >= 11 is 0. The number of rotatable bonds is 18. The topological polar surface area (TPSA) is 290 Å². The van der Waals surface area contributed by atoms with Crippen LogP contribution in [0.2, 0.25) is 0 Å². The van der Waals surface area contributed by atoms with Crippen molar-refractivity contribution in [2.45, 2.75) is 198 Å². The number of carbonyl (C=O) groups is 4. The summed E-state index contributed by atoms with van der Waals surface area (Å²) < 4.78 is 39.7. The Morgan fingerprint density at radius 1 is 0.553 bits per heavy atom. The third-order valence-corrected chi connectivity index (χ3v) is 13.0. The third-order valence-electron chi connectivity index (χ3n) is 13.0. The molecule has 0 aliphatic carbocycles. The number of aliphatic hydroxyl groups is 4. The number of ether oxygens (including phenoxy) is 7. The minimum absolute atomic E-state index is 0.171. The van der Waals surface area contributed by atoms with E-state index in [4.69, 9.17) is 33.2 Å². The highest BCUT2D eigenvalue weighted by molar-refractivity contribution is 5.95. The van der Waals surface area contributed by atoms with Crippen LogP contribution in [-0.2, 0) is 35.2 Å². The second-order valence-corrected chi connectivity index (χ2v) is 26.8. The molecule has 6 rings (SSSR count). The van der Waals surface area contributed by atoms with Crippen LogP contribution < -0.4 is 34.9 Å². The van der Waals surface area contributed by atoms with Gasteiger partial charge in [-0.15, -0.1) is 0 Å². The van der Waals surface area contributed by atoms with Crippen molar-refractivity contribution in [1.82, 2.24) is 5.32 Å². The van der Waals surface area contributed by atoms with Gasteiger partial charge < -0.3 is 79.7 Å². The Balaban J connectivity index is 0.000000280. The molecule has 0 aromatic heterocycles. The van der Waals surface area contributed by atoms with Crippen molar-refractivity contribution in [3.05, 3.63) is 96.1 Å². The SMILES string of the molecule is CC(C)Nc1ccc(-c2ccc(COC(C)C)cc2)cc1.C[C@@H]1[C@@H](O)[C@H](Oc2ccc(C(=O)NC(C)(C)C)cc2OCC(C)(C)C)O[C@H](C(=O)O)[C@H]1O.C[C@@H]1[C@@H](O)[C@H](Oc2ccc(NC(=O)C(C)(C)C)cc2OCC(C)(C)C)O[C@H](C(=O)O)[C@H]1O. The summed E-state index contributed by atoms with van der Waals surface area (Å²) in [7, 11) is 0. The zero-order valence-electron chi connectivity index (χ0n) is 52.8. The van der Waals surface area contributed by atoms with Gasteiger partial charge in [0.25, 0.3) is 5.91 Å². The molecule has 0 radical (unpaired) electrons. The van der Waals surface area contributed by atoms with E-state index >= 15 is 0 Å². The molecule has 20 nitrogen and oxygen atoms in total. The van der Waals surface area contributed by atoms with E-state index in [0.29, 0.717) is 42.9 Å². The minimum atomic E-state index is -1.55. The Labute approximate surface area is 501 Å². The molecule has 2 amide bonds. The maximum atomic E-state index is 12.6. The number of nitrogens with one attached hydrogen (secondary N) is 3. The Kier molecular flexibility index (Phi) is 25.2. The van der Waals surface area contributed by atoms with Crippen LogP contribution in [0.25, 0.3) is 11.1 Å². The van der Waals surface area contributed by atoms with Gasteiger partial charge >= 0.3 is 11.9 Å². The number of hydrogen-bond donors (Lipinski definition) is 9. The van der Waals surface area contributed by atoms with Gasteiger partial charge in [0.1, 0.15) is 12.2 Å². The van der Waals surface area contributed by atoms with Crippen LogP contribution in [0, 0.1) is 28.1 Å². The lowest BCUT2D eigenvalue weighted by atomic mass is 9.90. The molecule has 0 unspecified atom stereocenters. The molecule has 2 aliphatic heterocycles. The van der Waals surface area contributed by atoms with Gasteiger partial charge in [-0.2, -0.15) is 0 Å². The lowest BCUT2D eigenvalue weighted by Gasteiger charge is -2.39. The predicted octanol–water partition coefficient (Wildman–Crippen LogP) is 9.93. The van der Waals surface area contributed by atoms with Crippen molar-refractivity contribution in [2.24, 2.45) is 28.1 Å². The van der Waals surface area contributed by atoms with Crippen LogP contribution in [0.1, 0.15) is 141 Å². The van der Waals surface area contributed by atoms with E-state index < -0.39 is 83.9 Å². The maximum absolute atomic E-state index is 12.6. The van der Waals surface area contributed by atoms with Crippen molar-refractivity contribution >= 4 is 35.1 Å². The van der Waals surface area contributed by atoms with E-state index in [1.165, 1.54) is 42.7 Å². The number of aliphatic carboxylic acids is 2. The minimum Gasteiger partial charge on any atom is -0.489 e. The molecule has 2 heterocycles. The van der Waals surface area contributed by atoms with E-state index in [2.05, 4.69) is 92.2 Å². The van der Waals surface area contributed by atoms with Gasteiger partial charge in [0.15, 0.2) is 35.2 Å². The van der Waals surface area contributed by atoms with Gasteiger partial charge in [0, 0.05) is 51.8 Å². The Hall–Kier alpha value is -6.52. The summed E-state index contributed by atoms with van der Waals surface area (Å²) in [5, 5.41) is 68.9. The Morgan fingerprint density at radius 2 is 0.976 bits per heavy atom. The number of hydrogen-bond acceptors (Lipinski definition) is 16. The molecule has 0 bridgehead atoms. The highest BCUT2D eigenvalue weighted by atomic mass is 16.7. The molecule has 4 aromatic carbocycles. The average molecular weight is 1190 g/mol. The predicted molar refractivity (Wildman–Crippen MR) is 325 cm³/mol. The quantitative estimate of drug-likeness (QED) is 0.0448. The molecule has 4 aromatic rings. The van der Waals surface area contributed by atoms with Crippen molar-refractivity contribution in [1.29, 1.82) is 0 Å². The molecule has 2 fully saturated rings. The lowest BCUT2D eigenvalue weighted by Crippen LogP contribution is -2.57. The molecule has 9 N–H and O–H groups in total. The maximum Gasteiger partial charge on any atom is 0.335 e. The summed E-state index contributed by atoms with van der Waals surface area (Å²) in [5.74, 6) is -3.83. The molecular formula is C65H95N3O17. The molecule has 0 spiro atoms. The van der Waals surface area contributed by atoms with Gasteiger partial charge in [0.05, 0.1) is 38.1 Å². The van der Waals surface area contributed by atoms with Crippen molar-refractivity contribution in [3.8, 4) is 34.1 Å². The molecule has 472 valence electrons. The molecular weight excluding hydrogens is 1090 g/mol. The largest absolute Gasteiger partial charge is 0.489 e. The molecule has 20 heteroatoms. The smallest absolute Gasteiger partial charge is 0.335 e. The molecule has 85 heavy (non-hydrogen) atoms. The van der Waals surface area contributed by atoms with E-state index in [-0.39, 0.29) is 46.0 Å². The zero-order chi connectivity index (χ0) is 64.1. The monoisotopic (exact) mass is 1190 g/mol. The second kappa shape index (κ2) is 30.2. The fraction of sp³-hybridized carbons (Fsp3) is 0.569. The average Bonchev–Trinajstić information content (AvgIpc) is 2.15. The van der Waals surface area contributed by atoms with Crippen molar-refractivity contribution < 1.29 is 83.0 Å². The van der Waals surface area contributed by atoms with Gasteiger partial charge in [-0.05, 0) is 118 Å². The van der Waals surface area contributed by atoms with Crippen LogP contribution in [0.5, 0.6) is 23.0 Å². The fourth-order valence-electron chi connectivity index (χ4n) is 8.04. The van der Waals surface area contributed by atoms with Gasteiger partial charge in [-0.3, -0.25) is 9.59 Å². The molecule has 2 saturated heterocycles. The first-order chi connectivity index (χ1) is 39.2.